The van der Waals surface area contributed by atoms with Crippen LogP contribution in [0.4, 0.5) is 16.2 Å². The number of likely N-dealkylation sites (N-methyl/N-ethyl adjacent to an activating group) is 1. The number of nitrogens with one attached hydrogen (secondary N) is 1. The molecule has 2 aromatic carbocycles. The maximum Gasteiger partial charge on any atom is 0.321 e. The van der Waals surface area contributed by atoms with Crippen molar-refractivity contribution in [3.8, 4) is 5.75 Å². The number of urea groups is 1. The SMILES string of the molecule is CC[C@@H](COc1ccc(NC(=O)N2CCN(CC(=O)N(C)c3ccccc3)CC2)cc1)[C@H]1CCCCN1CC. The number of benzene rings is 2. The number of hydrogen-bond acceptors (Lipinski definition) is 5. The zero-order valence-corrected chi connectivity index (χ0v) is 23.8. The number of para-hydroxylation sites is 1. The van der Waals surface area contributed by atoms with Crippen molar-refractivity contribution in [1.82, 2.24) is 14.7 Å². The van der Waals surface area contributed by atoms with Crippen LogP contribution in [0.25, 0.3) is 0 Å². The Hall–Kier alpha value is -3.10. The van der Waals surface area contributed by atoms with E-state index < -0.39 is 0 Å². The largest absolute Gasteiger partial charge is 0.493 e. The quantitative estimate of drug-likeness (QED) is 0.474. The molecule has 0 aromatic heterocycles. The zero-order chi connectivity index (χ0) is 27.6. The van der Waals surface area contributed by atoms with Gasteiger partial charge in [-0.05, 0) is 68.8 Å². The summed E-state index contributed by atoms with van der Waals surface area (Å²) in [5.74, 6) is 1.41. The number of hydrogen-bond donors (Lipinski definition) is 1. The molecule has 2 heterocycles. The van der Waals surface area contributed by atoms with E-state index in [4.69, 9.17) is 4.74 Å². The number of carbonyl (C=O) groups excluding carboxylic acids is 2. The number of carbonyl (C=O) groups is 2. The summed E-state index contributed by atoms with van der Waals surface area (Å²) in [7, 11) is 1.80. The van der Waals surface area contributed by atoms with Crippen molar-refractivity contribution in [3.05, 3.63) is 54.6 Å². The molecule has 1 N–H and O–H groups in total. The van der Waals surface area contributed by atoms with Gasteiger partial charge in [-0.25, -0.2) is 4.79 Å². The highest BCUT2D eigenvalue weighted by molar-refractivity contribution is 5.94. The number of piperidine rings is 1. The molecule has 4 rings (SSSR count). The topological polar surface area (TPSA) is 68.4 Å². The number of piperazine rings is 1. The van der Waals surface area contributed by atoms with E-state index in [0.717, 1.165) is 36.7 Å². The molecule has 0 aliphatic carbocycles. The molecule has 2 aliphatic rings. The van der Waals surface area contributed by atoms with Crippen LogP contribution in [0.5, 0.6) is 5.75 Å². The van der Waals surface area contributed by atoms with Gasteiger partial charge in [-0.1, -0.05) is 38.5 Å². The van der Waals surface area contributed by atoms with Crippen molar-refractivity contribution in [3.63, 3.8) is 0 Å². The zero-order valence-electron chi connectivity index (χ0n) is 23.8. The summed E-state index contributed by atoms with van der Waals surface area (Å²) in [6, 6.07) is 17.8. The molecular weight excluding hydrogens is 490 g/mol. The third kappa shape index (κ3) is 7.96. The minimum absolute atomic E-state index is 0.0492. The second kappa shape index (κ2) is 14.3. The summed E-state index contributed by atoms with van der Waals surface area (Å²) < 4.78 is 6.18. The minimum Gasteiger partial charge on any atom is -0.493 e. The second-order valence-corrected chi connectivity index (χ2v) is 10.7. The Morgan fingerprint density at radius 2 is 1.69 bits per heavy atom. The Balaban J connectivity index is 1.19. The molecule has 8 nitrogen and oxygen atoms in total. The molecule has 39 heavy (non-hydrogen) atoms. The summed E-state index contributed by atoms with van der Waals surface area (Å²) >= 11 is 0. The lowest BCUT2D eigenvalue weighted by molar-refractivity contribution is -0.119. The Kier molecular flexibility index (Phi) is 10.6. The van der Waals surface area contributed by atoms with E-state index in [1.807, 2.05) is 59.5 Å². The number of amides is 3. The Morgan fingerprint density at radius 1 is 0.974 bits per heavy atom. The first kappa shape index (κ1) is 28.9. The summed E-state index contributed by atoms with van der Waals surface area (Å²) in [4.78, 5) is 33.7. The highest BCUT2D eigenvalue weighted by Crippen LogP contribution is 2.26. The van der Waals surface area contributed by atoms with E-state index in [9.17, 15) is 9.59 Å². The third-order valence-corrected chi connectivity index (χ3v) is 8.24. The molecule has 2 fully saturated rings. The van der Waals surface area contributed by atoms with Gasteiger partial charge in [-0.2, -0.15) is 0 Å². The summed E-state index contributed by atoms with van der Waals surface area (Å²) in [6.07, 6.45) is 4.98. The number of nitrogens with zero attached hydrogens (tertiary/aromatic N) is 4. The molecule has 2 aromatic rings. The lowest BCUT2D eigenvalue weighted by Gasteiger charge is -2.39. The van der Waals surface area contributed by atoms with E-state index in [1.54, 1.807) is 11.9 Å². The molecule has 0 bridgehead atoms. The van der Waals surface area contributed by atoms with Crippen molar-refractivity contribution in [1.29, 1.82) is 0 Å². The smallest absolute Gasteiger partial charge is 0.321 e. The average molecular weight is 536 g/mol. The van der Waals surface area contributed by atoms with Gasteiger partial charge in [0.1, 0.15) is 5.75 Å². The van der Waals surface area contributed by atoms with Crippen molar-refractivity contribution in [2.75, 3.05) is 69.7 Å². The number of rotatable bonds is 10. The van der Waals surface area contributed by atoms with Gasteiger partial charge in [0.2, 0.25) is 5.91 Å². The first-order valence-electron chi connectivity index (χ1n) is 14.5. The van der Waals surface area contributed by atoms with Gasteiger partial charge in [0.25, 0.3) is 0 Å². The van der Waals surface area contributed by atoms with Gasteiger partial charge in [0.05, 0.1) is 13.2 Å². The molecule has 8 heteroatoms. The normalized spacial score (nSPS) is 19.4. The number of anilines is 2. The Morgan fingerprint density at radius 3 is 2.36 bits per heavy atom. The molecule has 212 valence electrons. The van der Waals surface area contributed by atoms with Crippen LogP contribution >= 0.6 is 0 Å². The number of ether oxygens (including phenoxy) is 1. The van der Waals surface area contributed by atoms with E-state index >= 15 is 0 Å². The first-order valence-corrected chi connectivity index (χ1v) is 14.5. The van der Waals surface area contributed by atoms with Gasteiger partial charge in [0.15, 0.2) is 0 Å². The lowest BCUT2D eigenvalue weighted by Crippen LogP contribution is -2.52. The highest BCUT2D eigenvalue weighted by Gasteiger charge is 2.28. The molecule has 0 spiro atoms. The van der Waals surface area contributed by atoms with Crippen LogP contribution in [0.1, 0.15) is 39.5 Å². The molecule has 2 aliphatic heterocycles. The van der Waals surface area contributed by atoms with Crippen LogP contribution in [0.3, 0.4) is 0 Å². The van der Waals surface area contributed by atoms with Crippen molar-refractivity contribution >= 4 is 23.3 Å². The molecule has 2 saturated heterocycles. The maximum absolute atomic E-state index is 12.8. The molecule has 0 unspecified atom stereocenters. The molecule has 0 radical (unpaired) electrons. The third-order valence-electron chi connectivity index (χ3n) is 8.24. The second-order valence-electron chi connectivity index (χ2n) is 10.7. The fourth-order valence-corrected chi connectivity index (χ4v) is 5.69. The van der Waals surface area contributed by atoms with Crippen LogP contribution in [0.15, 0.2) is 54.6 Å². The predicted octanol–water partition coefficient (Wildman–Crippen LogP) is 4.78. The van der Waals surface area contributed by atoms with E-state index in [0.29, 0.717) is 44.7 Å². The highest BCUT2D eigenvalue weighted by atomic mass is 16.5. The number of likely N-dealkylation sites (tertiary alicyclic amines) is 1. The molecule has 0 saturated carbocycles. The fraction of sp³-hybridized carbons (Fsp3) is 0.548. The summed E-state index contributed by atoms with van der Waals surface area (Å²) in [5, 5.41) is 3.01. The Labute approximate surface area is 233 Å². The Bertz CT molecular complexity index is 1040. The maximum atomic E-state index is 12.8. The molecular formula is C31H45N5O3. The van der Waals surface area contributed by atoms with Gasteiger partial charge >= 0.3 is 6.03 Å². The van der Waals surface area contributed by atoms with Gasteiger partial charge in [-0.15, -0.1) is 0 Å². The average Bonchev–Trinajstić information content (AvgIpc) is 2.99. The van der Waals surface area contributed by atoms with Crippen LogP contribution < -0.4 is 15.0 Å². The standard InChI is InChI=1S/C31H45N5O3/c1-4-25(29-13-9-10-18-35(29)5-2)24-39-28-16-14-26(15-17-28)32-31(38)36-21-19-34(20-22-36)23-30(37)33(3)27-11-7-6-8-12-27/h6-8,11-12,14-17,25,29H,4-5,9-10,13,18-24H2,1-3H3,(H,32,38)/t25-,29+/m0/s1. The van der Waals surface area contributed by atoms with Gasteiger partial charge in [-0.3, -0.25) is 9.69 Å². The fourth-order valence-electron chi connectivity index (χ4n) is 5.69. The molecule has 3 amide bonds. The van der Waals surface area contributed by atoms with E-state index in [1.165, 1.54) is 25.8 Å². The van der Waals surface area contributed by atoms with Gasteiger partial charge in [0, 0.05) is 56.6 Å². The van der Waals surface area contributed by atoms with Crippen molar-refractivity contribution in [2.24, 2.45) is 5.92 Å². The monoisotopic (exact) mass is 535 g/mol. The van der Waals surface area contributed by atoms with Crippen LogP contribution in [-0.4, -0.2) is 92.1 Å². The summed E-state index contributed by atoms with van der Waals surface area (Å²) in [6.45, 7) is 10.4. The molecule has 2 atom stereocenters. The van der Waals surface area contributed by atoms with Crippen LogP contribution in [0.2, 0.25) is 0 Å². The van der Waals surface area contributed by atoms with Crippen molar-refractivity contribution in [2.45, 2.75) is 45.6 Å². The first-order chi connectivity index (χ1) is 19.0. The predicted molar refractivity (Wildman–Crippen MR) is 157 cm³/mol. The minimum atomic E-state index is -0.112. The van der Waals surface area contributed by atoms with Crippen molar-refractivity contribution < 1.29 is 14.3 Å². The van der Waals surface area contributed by atoms with Gasteiger partial charge < -0.3 is 24.8 Å². The lowest BCUT2D eigenvalue weighted by atomic mass is 9.89. The van der Waals surface area contributed by atoms with E-state index in [-0.39, 0.29) is 11.9 Å². The van der Waals surface area contributed by atoms with Crippen LogP contribution in [-0.2, 0) is 4.79 Å². The summed E-state index contributed by atoms with van der Waals surface area (Å²) in [5.41, 5.74) is 1.64. The van der Waals surface area contributed by atoms with Crippen LogP contribution in [0, 0.1) is 5.92 Å². The van der Waals surface area contributed by atoms with E-state index in [2.05, 4.69) is 29.0 Å².